The minimum absolute atomic E-state index is 0. The van der Waals surface area contributed by atoms with Crippen LogP contribution in [0.3, 0.4) is 0 Å². The van der Waals surface area contributed by atoms with Gasteiger partial charge in [-0.2, -0.15) is 0 Å². The summed E-state index contributed by atoms with van der Waals surface area (Å²) in [6, 6.07) is 1.40. The smallest absolute Gasteiger partial charge is 0.373 e. The summed E-state index contributed by atoms with van der Waals surface area (Å²) in [6.07, 6.45) is 0. The molecule has 0 atom stereocenters. The van der Waals surface area contributed by atoms with Crippen molar-refractivity contribution >= 4 is 8.07 Å². The van der Waals surface area contributed by atoms with E-state index in [0.29, 0.717) is 5.04 Å². The van der Waals surface area contributed by atoms with Gasteiger partial charge in [0.15, 0.2) is 0 Å². The predicted octanol–water partition coefficient (Wildman–Crippen LogP) is 2.02. The van der Waals surface area contributed by atoms with E-state index < -0.39 is 8.07 Å². The SMILES string of the molecule is CC[Si](C)(C)C(C)(C)C(C)C.[K+].[N-]=[N+]=[N-]. The van der Waals surface area contributed by atoms with Crippen LogP contribution in [-0.2, 0) is 0 Å². The predicted molar refractivity (Wildman–Crippen MR) is 66.9 cm³/mol. The number of rotatable bonds is 3. The van der Waals surface area contributed by atoms with Gasteiger partial charge in [-0.05, 0) is 11.0 Å². The van der Waals surface area contributed by atoms with Gasteiger partial charge < -0.3 is 11.1 Å². The van der Waals surface area contributed by atoms with Gasteiger partial charge >= 0.3 is 51.4 Å². The first kappa shape index (κ1) is 21.4. The van der Waals surface area contributed by atoms with Crippen LogP contribution < -0.4 is 51.4 Å². The first-order chi connectivity index (χ1) is 6.17. The van der Waals surface area contributed by atoms with Crippen LogP contribution in [-0.4, -0.2) is 8.07 Å². The summed E-state index contributed by atoms with van der Waals surface area (Å²) in [4.78, 5) is 1.50. The number of hydrogen-bond acceptors (Lipinski definition) is 0. The van der Waals surface area contributed by atoms with Crippen LogP contribution in [0.2, 0.25) is 24.2 Å². The van der Waals surface area contributed by atoms with Crippen molar-refractivity contribution in [2.24, 2.45) is 5.92 Å². The fraction of sp³-hybridized carbons (Fsp3) is 1.00. The molecule has 0 aromatic carbocycles. The monoisotopic (exact) mass is 253 g/mol. The van der Waals surface area contributed by atoms with E-state index in [2.05, 4.69) is 47.7 Å². The fourth-order valence-electron chi connectivity index (χ4n) is 1.24. The largest absolute Gasteiger partial charge is 1.00 e. The molecule has 0 amide bonds. The summed E-state index contributed by atoms with van der Waals surface area (Å²) in [5.41, 5.74) is 13.5. The van der Waals surface area contributed by atoms with Crippen LogP contribution in [0.1, 0.15) is 34.6 Å². The molecule has 0 aromatic heterocycles. The minimum Gasteiger partial charge on any atom is -0.373 e. The van der Waals surface area contributed by atoms with Crippen molar-refractivity contribution in [1.29, 1.82) is 0 Å². The van der Waals surface area contributed by atoms with Crippen LogP contribution in [0.15, 0.2) is 0 Å². The third kappa shape index (κ3) is 7.15. The van der Waals surface area contributed by atoms with Crippen LogP contribution in [0, 0.1) is 5.92 Å². The molecule has 84 valence electrons. The Morgan fingerprint density at radius 1 is 1.20 bits per heavy atom. The summed E-state index contributed by atoms with van der Waals surface area (Å²) < 4.78 is 0. The second kappa shape index (κ2) is 9.22. The molecule has 0 fully saturated rings. The maximum absolute atomic E-state index is 6.75. The van der Waals surface area contributed by atoms with Gasteiger partial charge in [0.25, 0.3) is 0 Å². The molecule has 5 heteroatoms. The first-order valence-corrected chi connectivity index (χ1v) is 8.36. The summed E-state index contributed by atoms with van der Waals surface area (Å²) in [7, 11) is -0.968. The topological polar surface area (TPSA) is 58.7 Å². The average Bonchev–Trinajstić information content (AvgIpc) is 2.05. The first-order valence-electron chi connectivity index (χ1n) is 5.15. The molecule has 15 heavy (non-hydrogen) atoms. The second-order valence-corrected chi connectivity index (χ2v) is 11.0. The zero-order valence-corrected chi connectivity index (χ0v) is 15.7. The zero-order valence-electron chi connectivity index (χ0n) is 11.6. The van der Waals surface area contributed by atoms with E-state index >= 15 is 0 Å². The summed E-state index contributed by atoms with van der Waals surface area (Å²) >= 11 is 0. The Labute approximate surface area is 138 Å². The molecular formula is C10H24KN3Si. The fourth-order valence-corrected chi connectivity index (χ4v) is 3.71. The molecule has 0 aromatic rings. The van der Waals surface area contributed by atoms with E-state index in [1.165, 1.54) is 11.0 Å². The van der Waals surface area contributed by atoms with E-state index in [0.717, 1.165) is 5.92 Å². The quantitative estimate of drug-likeness (QED) is 0.320. The van der Waals surface area contributed by atoms with E-state index in [9.17, 15) is 0 Å². The standard InChI is InChI=1S/C10H24Si.K.N3/c1-8-11(6,7)10(4,5)9(2)3;;1-3-2/h9H,8H2,1-7H3;;/q;+1;-1. The molecule has 0 bridgehead atoms. The van der Waals surface area contributed by atoms with Crippen molar-refractivity contribution in [3.8, 4) is 0 Å². The molecule has 0 saturated heterocycles. The molecule has 0 aliphatic carbocycles. The van der Waals surface area contributed by atoms with Gasteiger partial charge in [-0.3, -0.25) is 4.91 Å². The Kier molecular flexibility index (Phi) is 13.2. The molecule has 0 unspecified atom stereocenters. The average molecular weight is 254 g/mol. The Morgan fingerprint density at radius 2 is 1.47 bits per heavy atom. The molecule has 0 saturated carbocycles. The van der Waals surface area contributed by atoms with Crippen molar-refractivity contribution in [3.05, 3.63) is 16.0 Å². The van der Waals surface area contributed by atoms with Crippen molar-refractivity contribution in [1.82, 2.24) is 0 Å². The normalized spacial score (nSPS) is 10.9. The van der Waals surface area contributed by atoms with Gasteiger partial charge in [0, 0.05) is 0 Å². The van der Waals surface area contributed by atoms with Gasteiger partial charge in [-0.1, -0.05) is 53.8 Å². The van der Waals surface area contributed by atoms with Crippen LogP contribution >= 0.6 is 0 Å². The van der Waals surface area contributed by atoms with Crippen molar-refractivity contribution < 1.29 is 51.4 Å². The molecule has 0 aliphatic rings. The molecule has 3 nitrogen and oxygen atoms in total. The Balaban J connectivity index is -0.000000320. The zero-order chi connectivity index (χ0) is 12.0. The van der Waals surface area contributed by atoms with Gasteiger partial charge in [0.05, 0.1) is 8.07 Å². The Bertz CT molecular complexity index is 197. The van der Waals surface area contributed by atoms with E-state index in [4.69, 9.17) is 11.1 Å². The van der Waals surface area contributed by atoms with E-state index in [1.54, 1.807) is 0 Å². The maximum Gasteiger partial charge on any atom is 1.00 e. The van der Waals surface area contributed by atoms with Gasteiger partial charge in [0.1, 0.15) is 0 Å². The molecular weight excluding hydrogens is 229 g/mol. The number of hydrogen-bond donors (Lipinski definition) is 0. The third-order valence-corrected chi connectivity index (χ3v) is 9.91. The number of nitrogens with zero attached hydrogens (tertiary/aromatic N) is 3. The van der Waals surface area contributed by atoms with Crippen molar-refractivity contribution in [3.63, 3.8) is 0 Å². The maximum atomic E-state index is 6.75. The van der Waals surface area contributed by atoms with Gasteiger partial charge in [-0.15, -0.1) is 0 Å². The van der Waals surface area contributed by atoms with Crippen molar-refractivity contribution in [2.75, 3.05) is 0 Å². The summed E-state index contributed by atoms with van der Waals surface area (Å²) in [6.45, 7) is 16.9. The molecule has 0 N–H and O–H groups in total. The molecule has 0 aliphatic heterocycles. The molecule has 0 radical (unpaired) electrons. The van der Waals surface area contributed by atoms with E-state index in [-0.39, 0.29) is 51.4 Å². The Morgan fingerprint density at radius 3 is 1.53 bits per heavy atom. The van der Waals surface area contributed by atoms with Crippen LogP contribution in [0.5, 0.6) is 0 Å². The molecule has 0 spiro atoms. The van der Waals surface area contributed by atoms with Crippen LogP contribution in [0.4, 0.5) is 0 Å². The van der Waals surface area contributed by atoms with Crippen molar-refractivity contribution in [2.45, 2.75) is 58.8 Å². The minimum atomic E-state index is -0.968. The summed E-state index contributed by atoms with van der Waals surface area (Å²) in [5.74, 6) is 0.823. The molecule has 0 rings (SSSR count). The second-order valence-electron chi connectivity index (χ2n) is 5.20. The van der Waals surface area contributed by atoms with Gasteiger partial charge in [0.2, 0.25) is 0 Å². The van der Waals surface area contributed by atoms with E-state index in [1.807, 2.05) is 0 Å². The molecule has 0 heterocycles. The summed E-state index contributed by atoms with van der Waals surface area (Å²) in [5, 5.41) is 0.585. The third-order valence-electron chi connectivity index (χ3n) is 4.07. The van der Waals surface area contributed by atoms with Gasteiger partial charge in [-0.25, -0.2) is 0 Å². The Hall–Kier alpha value is 1.16. The van der Waals surface area contributed by atoms with Crippen LogP contribution in [0.25, 0.3) is 16.0 Å².